The fourth-order valence-electron chi connectivity index (χ4n) is 4.70. The van der Waals surface area contributed by atoms with Gasteiger partial charge in [0.15, 0.2) is 0 Å². The average Bonchev–Trinajstić information content (AvgIpc) is 3.10. The van der Waals surface area contributed by atoms with Gasteiger partial charge in [-0.1, -0.05) is 129 Å². The molecule has 0 aliphatic carbocycles. The van der Waals surface area contributed by atoms with Crippen LogP contribution in [0.15, 0.2) is 12.4 Å². The van der Waals surface area contributed by atoms with E-state index in [4.69, 9.17) is 0 Å². The van der Waals surface area contributed by atoms with Gasteiger partial charge in [0.05, 0.1) is 6.17 Å². The molecule has 1 aliphatic heterocycles. The summed E-state index contributed by atoms with van der Waals surface area (Å²) in [5, 5.41) is 0. The zero-order valence-corrected chi connectivity index (χ0v) is 21.2. The fourth-order valence-corrected chi connectivity index (χ4v) is 4.70. The van der Waals surface area contributed by atoms with Crippen LogP contribution in [0.1, 0.15) is 149 Å². The standard InChI is InChI=1S/C28H56N2/c1-4-6-8-10-12-13-14-15-16-17-19-21-23-25-30-27-26-29(28(30)3)24-22-20-18-11-9-7-5-2/h26-28H,4-25H2,1-3H3. The Bertz CT molecular complexity index is 379. The molecule has 1 aliphatic rings. The first kappa shape index (κ1) is 27.4. The molecular weight excluding hydrogens is 364 g/mol. The molecule has 1 rings (SSSR count). The largest absolute Gasteiger partial charge is 0.356 e. The van der Waals surface area contributed by atoms with Gasteiger partial charge < -0.3 is 9.80 Å². The van der Waals surface area contributed by atoms with Crippen molar-refractivity contribution in [1.82, 2.24) is 9.80 Å². The molecule has 0 spiro atoms. The molecule has 0 radical (unpaired) electrons. The van der Waals surface area contributed by atoms with Crippen molar-refractivity contribution in [3.8, 4) is 0 Å². The second kappa shape index (κ2) is 20.3. The molecule has 0 aromatic rings. The molecule has 0 aromatic carbocycles. The van der Waals surface area contributed by atoms with E-state index in [-0.39, 0.29) is 0 Å². The summed E-state index contributed by atoms with van der Waals surface area (Å²) >= 11 is 0. The third kappa shape index (κ3) is 14.4. The SMILES string of the molecule is CCCCCCCCCCCCCCCN1C=CN(CCCCCCCCC)C1C. The van der Waals surface area contributed by atoms with Crippen LogP contribution in [0, 0.1) is 0 Å². The second-order valence-corrected chi connectivity index (χ2v) is 9.77. The van der Waals surface area contributed by atoms with Crippen LogP contribution in [-0.2, 0) is 0 Å². The molecule has 1 atom stereocenters. The summed E-state index contributed by atoms with van der Waals surface area (Å²) in [6.07, 6.45) is 33.8. The third-order valence-electron chi connectivity index (χ3n) is 6.95. The van der Waals surface area contributed by atoms with E-state index >= 15 is 0 Å². The molecule has 30 heavy (non-hydrogen) atoms. The maximum atomic E-state index is 2.56. The molecule has 0 aromatic heterocycles. The van der Waals surface area contributed by atoms with Gasteiger partial charge in [0.2, 0.25) is 0 Å². The summed E-state index contributed by atoms with van der Waals surface area (Å²) in [7, 11) is 0. The van der Waals surface area contributed by atoms with Gasteiger partial charge in [0.1, 0.15) is 0 Å². The van der Waals surface area contributed by atoms with Crippen LogP contribution in [-0.4, -0.2) is 29.1 Å². The predicted octanol–water partition coefficient (Wildman–Crippen LogP) is 9.26. The first-order valence-electron chi connectivity index (χ1n) is 14.0. The summed E-state index contributed by atoms with van der Waals surface area (Å²) in [6, 6.07) is 0. The van der Waals surface area contributed by atoms with Crippen molar-refractivity contribution in [2.45, 2.75) is 155 Å². The Kier molecular flexibility index (Phi) is 18.5. The van der Waals surface area contributed by atoms with Crippen LogP contribution in [0.2, 0.25) is 0 Å². The van der Waals surface area contributed by atoms with Gasteiger partial charge in [-0.05, 0) is 19.8 Å². The highest BCUT2D eigenvalue weighted by atomic mass is 15.4. The lowest BCUT2D eigenvalue weighted by atomic mass is 10.0. The zero-order valence-electron chi connectivity index (χ0n) is 21.2. The minimum absolute atomic E-state index is 0.572. The highest BCUT2D eigenvalue weighted by Gasteiger charge is 2.20. The molecule has 178 valence electrons. The van der Waals surface area contributed by atoms with E-state index in [2.05, 4.69) is 43.0 Å². The summed E-state index contributed by atoms with van der Waals surface area (Å²) in [6.45, 7) is 9.45. The van der Waals surface area contributed by atoms with Crippen LogP contribution in [0.4, 0.5) is 0 Å². The molecular formula is C28H56N2. The number of unbranched alkanes of at least 4 members (excludes halogenated alkanes) is 18. The lowest BCUT2D eigenvalue weighted by Crippen LogP contribution is -2.36. The van der Waals surface area contributed by atoms with E-state index in [1.807, 2.05) is 0 Å². The van der Waals surface area contributed by atoms with Crippen LogP contribution >= 0.6 is 0 Å². The van der Waals surface area contributed by atoms with E-state index in [1.165, 1.54) is 142 Å². The molecule has 2 nitrogen and oxygen atoms in total. The van der Waals surface area contributed by atoms with Crippen LogP contribution in [0.25, 0.3) is 0 Å². The molecule has 0 amide bonds. The Labute approximate surface area is 190 Å². The highest BCUT2D eigenvalue weighted by Crippen LogP contribution is 2.19. The van der Waals surface area contributed by atoms with E-state index in [0.29, 0.717) is 6.17 Å². The molecule has 1 unspecified atom stereocenters. The summed E-state index contributed by atoms with van der Waals surface area (Å²) < 4.78 is 0. The topological polar surface area (TPSA) is 6.48 Å². The van der Waals surface area contributed by atoms with Crippen molar-refractivity contribution < 1.29 is 0 Å². The van der Waals surface area contributed by atoms with E-state index in [0.717, 1.165) is 0 Å². The molecule has 2 heteroatoms. The molecule has 0 fully saturated rings. The van der Waals surface area contributed by atoms with E-state index < -0.39 is 0 Å². The van der Waals surface area contributed by atoms with Gasteiger partial charge in [0, 0.05) is 25.5 Å². The van der Waals surface area contributed by atoms with Gasteiger partial charge in [0.25, 0.3) is 0 Å². The number of nitrogens with zero attached hydrogens (tertiary/aromatic N) is 2. The van der Waals surface area contributed by atoms with Crippen molar-refractivity contribution in [3.63, 3.8) is 0 Å². The first-order valence-corrected chi connectivity index (χ1v) is 14.0. The van der Waals surface area contributed by atoms with Gasteiger partial charge in [-0.3, -0.25) is 0 Å². The van der Waals surface area contributed by atoms with Gasteiger partial charge >= 0.3 is 0 Å². The summed E-state index contributed by atoms with van der Waals surface area (Å²) in [5.41, 5.74) is 0. The maximum Gasteiger partial charge on any atom is 0.0977 e. The van der Waals surface area contributed by atoms with Crippen molar-refractivity contribution >= 4 is 0 Å². The normalized spacial score (nSPS) is 16.2. The molecule has 0 N–H and O–H groups in total. The van der Waals surface area contributed by atoms with Gasteiger partial charge in [-0.2, -0.15) is 0 Å². The van der Waals surface area contributed by atoms with E-state index in [1.54, 1.807) is 0 Å². The average molecular weight is 421 g/mol. The van der Waals surface area contributed by atoms with E-state index in [9.17, 15) is 0 Å². The maximum absolute atomic E-state index is 2.56. The van der Waals surface area contributed by atoms with Crippen molar-refractivity contribution in [3.05, 3.63) is 12.4 Å². The van der Waals surface area contributed by atoms with Crippen molar-refractivity contribution in [2.24, 2.45) is 0 Å². The number of hydrogen-bond acceptors (Lipinski definition) is 2. The lowest BCUT2D eigenvalue weighted by molar-refractivity contribution is 0.165. The highest BCUT2D eigenvalue weighted by molar-refractivity contribution is 4.95. The Morgan fingerprint density at radius 2 is 0.700 bits per heavy atom. The summed E-state index contributed by atoms with van der Waals surface area (Å²) in [5.74, 6) is 0. The van der Waals surface area contributed by atoms with Crippen LogP contribution in [0.3, 0.4) is 0 Å². The Balaban J connectivity index is 1.87. The quantitative estimate of drug-likeness (QED) is 0.161. The van der Waals surface area contributed by atoms with Crippen LogP contribution < -0.4 is 0 Å². The smallest absolute Gasteiger partial charge is 0.0977 e. The minimum Gasteiger partial charge on any atom is -0.356 e. The van der Waals surface area contributed by atoms with Crippen molar-refractivity contribution in [1.29, 1.82) is 0 Å². The second-order valence-electron chi connectivity index (χ2n) is 9.77. The summed E-state index contributed by atoms with van der Waals surface area (Å²) in [4.78, 5) is 5.11. The third-order valence-corrected chi connectivity index (χ3v) is 6.95. The minimum atomic E-state index is 0.572. The fraction of sp³-hybridized carbons (Fsp3) is 0.929. The van der Waals surface area contributed by atoms with Gasteiger partial charge in [-0.25, -0.2) is 0 Å². The first-order chi connectivity index (χ1) is 14.8. The van der Waals surface area contributed by atoms with Crippen molar-refractivity contribution in [2.75, 3.05) is 13.1 Å². The predicted molar refractivity (Wildman–Crippen MR) is 136 cm³/mol. The molecule has 1 heterocycles. The molecule has 0 bridgehead atoms. The molecule has 0 saturated heterocycles. The molecule has 0 saturated carbocycles. The Hall–Kier alpha value is -0.660. The number of rotatable bonds is 22. The Morgan fingerprint density at radius 3 is 1.00 bits per heavy atom. The monoisotopic (exact) mass is 420 g/mol. The Morgan fingerprint density at radius 1 is 0.433 bits per heavy atom. The number of hydrogen-bond donors (Lipinski definition) is 0. The zero-order chi connectivity index (χ0) is 21.7. The van der Waals surface area contributed by atoms with Gasteiger partial charge in [-0.15, -0.1) is 0 Å². The van der Waals surface area contributed by atoms with Crippen LogP contribution in [0.5, 0.6) is 0 Å². The lowest BCUT2D eigenvalue weighted by Gasteiger charge is -2.30.